The largest absolute Gasteiger partial charge is 0.357 e. The van der Waals surface area contributed by atoms with Crippen molar-refractivity contribution in [3.8, 4) is 0 Å². The summed E-state index contributed by atoms with van der Waals surface area (Å²) in [4.78, 5) is 37.7. The molecule has 0 unspecified atom stereocenters. The maximum Gasteiger partial charge on any atom is 0.268 e. The first-order chi connectivity index (χ1) is 11.1. The van der Waals surface area contributed by atoms with E-state index in [1.165, 1.54) is 6.42 Å². The quantitative estimate of drug-likeness (QED) is 0.726. The molecule has 23 heavy (non-hydrogen) atoms. The fourth-order valence-electron chi connectivity index (χ4n) is 2.62. The Bertz CT molecular complexity index is 491. The van der Waals surface area contributed by atoms with Crippen LogP contribution in [0.4, 0.5) is 0 Å². The van der Waals surface area contributed by atoms with E-state index < -0.39 is 5.54 Å². The molecule has 1 aliphatic carbocycles. The number of carbonyl (C=O) groups excluding carboxylic acids is 3. The number of aromatic amines is 1. The fraction of sp³-hybridized carbons (Fsp3) is 0.588. The number of aromatic nitrogens is 1. The van der Waals surface area contributed by atoms with Crippen LogP contribution in [0.5, 0.6) is 0 Å². The van der Waals surface area contributed by atoms with Gasteiger partial charge in [0.25, 0.3) is 5.91 Å². The van der Waals surface area contributed by atoms with Crippen molar-refractivity contribution in [2.75, 3.05) is 6.54 Å². The Balaban J connectivity index is 0.000000816. The van der Waals surface area contributed by atoms with Gasteiger partial charge in [-0.25, -0.2) is 0 Å². The second kappa shape index (κ2) is 9.82. The van der Waals surface area contributed by atoms with E-state index in [2.05, 4.69) is 29.5 Å². The summed E-state index contributed by atoms with van der Waals surface area (Å²) >= 11 is 0. The molecule has 1 fully saturated rings. The molecule has 0 aromatic carbocycles. The van der Waals surface area contributed by atoms with Gasteiger partial charge in [0.05, 0.1) is 6.54 Å². The number of aldehydes is 1. The van der Waals surface area contributed by atoms with Gasteiger partial charge in [0.2, 0.25) is 5.91 Å². The fourth-order valence-corrected chi connectivity index (χ4v) is 2.62. The highest BCUT2D eigenvalue weighted by atomic mass is 16.2. The van der Waals surface area contributed by atoms with Crippen molar-refractivity contribution in [2.24, 2.45) is 0 Å². The molecule has 6 heteroatoms. The number of amides is 2. The van der Waals surface area contributed by atoms with Gasteiger partial charge in [-0.15, -0.1) is 0 Å². The van der Waals surface area contributed by atoms with Crippen molar-refractivity contribution in [2.45, 2.75) is 57.9 Å². The van der Waals surface area contributed by atoms with Crippen LogP contribution < -0.4 is 10.6 Å². The van der Waals surface area contributed by atoms with Crippen LogP contribution in [-0.4, -0.2) is 35.2 Å². The normalized spacial score (nSPS) is 15.7. The zero-order valence-corrected chi connectivity index (χ0v) is 14.0. The van der Waals surface area contributed by atoms with E-state index in [0.29, 0.717) is 24.8 Å². The maximum absolute atomic E-state index is 12.3. The number of hydrogen-bond donors (Lipinski definition) is 3. The van der Waals surface area contributed by atoms with Gasteiger partial charge in [-0.05, 0) is 25.0 Å². The lowest BCUT2D eigenvalue weighted by atomic mass is 9.80. The van der Waals surface area contributed by atoms with Crippen molar-refractivity contribution in [3.63, 3.8) is 0 Å². The molecule has 3 N–H and O–H groups in total. The summed E-state index contributed by atoms with van der Waals surface area (Å²) in [5, 5.41) is 5.41. The molecule has 1 aromatic heterocycles. The van der Waals surface area contributed by atoms with E-state index in [-0.39, 0.29) is 18.4 Å². The van der Waals surface area contributed by atoms with Gasteiger partial charge in [-0.3, -0.25) is 9.59 Å². The van der Waals surface area contributed by atoms with Crippen molar-refractivity contribution >= 4 is 18.1 Å². The Hall–Kier alpha value is -2.11. The van der Waals surface area contributed by atoms with E-state index in [1.54, 1.807) is 18.3 Å². The molecule has 1 aliphatic rings. The highest BCUT2D eigenvalue weighted by molar-refractivity contribution is 5.98. The zero-order valence-electron chi connectivity index (χ0n) is 14.0. The van der Waals surface area contributed by atoms with E-state index in [4.69, 9.17) is 0 Å². The summed E-state index contributed by atoms with van der Waals surface area (Å²) in [7, 11) is 0. The molecule has 128 valence electrons. The summed E-state index contributed by atoms with van der Waals surface area (Å²) in [6.07, 6.45) is 7.59. The highest BCUT2D eigenvalue weighted by Crippen LogP contribution is 2.28. The lowest BCUT2D eigenvalue weighted by Gasteiger charge is -2.36. The lowest BCUT2D eigenvalue weighted by Crippen LogP contribution is -2.60. The number of nitrogens with one attached hydrogen (secondary N) is 3. The molecule has 1 aromatic rings. The number of carbonyl (C=O) groups is 3. The van der Waals surface area contributed by atoms with Crippen LogP contribution in [0.25, 0.3) is 0 Å². The van der Waals surface area contributed by atoms with E-state index in [0.717, 1.165) is 19.3 Å². The average Bonchev–Trinajstić information content (AvgIpc) is 3.09. The maximum atomic E-state index is 12.3. The molecular formula is C17H27N3O3. The number of hydrogen-bond acceptors (Lipinski definition) is 3. The molecule has 2 rings (SSSR count). The minimum absolute atomic E-state index is 0.0288. The Labute approximate surface area is 137 Å². The molecule has 0 radical (unpaired) electrons. The molecule has 0 aliphatic heterocycles. The topological polar surface area (TPSA) is 91.1 Å². The molecule has 0 spiro atoms. The molecule has 2 amide bonds. The predicted molar refractivity (Wildman–Crippen MR) is 89.1 cm³/mol. The minimum Gasteiger partial charge on any atom is -0.357 e. The van der Waals surface area contributed by atoms with Crippen molar-refractivity contribution in [1.82, 2.24) is 15.6 Å². The summed E-state index contributed by atoms with van der Waals surface area (Å²) in [6.45, 7) is 4.22. The van der Waals surface area contributed by atoms with Gasteiger partial charge in [0.15, 0.2) is 0 Å². The van der Waals surface area contributed by atoms with Crippen LogP contribution >= 0.6 is 0 Å². The number of H-pyrrole nitrogens is 1. The first kappa shape index (κ1) is 18.9. The van der Waals surface area contributed by atoms with Crippen molar-refractivity contribution in [3.05, 3.63) is 24.0 Å². The highest BCUT2D eigenvalue weighted by Gasteiger charge is 2.40. The van der Waals surface area contributed by atoms with Gasteiger partial charge in [0.1, 0.15) is 17.5 Å². The van der Waals surface area contributed by atoms with Crippen LogP contribution in [0.3, 0.4) is 0 Å². The zero-order chi connectivity index (χ0) is 17.1. The summed E-state index contributed by atoms with van der Waals surface area (Å²) in [5.74, 6) is -0.567. The van der Waals surface area contributed by atoms with Gasteiger partial charge in [-0.2, -0.15) is 0 Å². The summed E-state index contributed by atoms with van der Waals surface area (Å²) < 4.78 is 0. The Morgan fingerprint density at radius 1 is 1.26 bits per heavy atom. The molecule has 6 nitrogen and oxygen atoms in total. The van der Waals surface area contributed by atoms with Crippen LogP contribution in [0.1, 0.15) is 62.9 Å². The first-order valence-electron chi connectivity index (χ1n) is 8.27. The standard InChI is InChI=1S/C14H19N3O3.C3H8/c18-10-9-16-13(20)14(6-2-1-3-7-14)17-12(19)11-5-4-8-15-11;1-3-2/h4-5,8,10,15H,1-3,6-7,9H2,(H,16,20)(H,17,19);3H2,1-2H3. The monoisotopic (exact) mass is 321 g/mol. The van der Waals surface area contributed by atoms with Crippen LogP contribution in [0.15, 0.2) is 18.3 Å². The van der Waals surface area contributed by atoms with E-state index in [9.17, 15) is 14.4 Å². The van der Waals surface area contributed by atoms with Gasteiger partial charge < -0.3 is 20.4 Å². The Morgan fingerprint density at radius 3 is 2.43 bits per heavy atom. The van der Waals surface area contributed by atoms with Gasteiger partial charge >= 0.3 is 0 Å². The van der Waals surface area contributed by atoms with Gasteiger partial charge in [0, 0.05) is 6.20 Å². The molecule has 0 saturated heterocycles. The molecule has 1 saturated carbocycles. The first-order valence-corrected chi connectivity index (χ1v) is 8.27. The van der Waals surface area contributed by atoms with Crippen LogP contribution in [-0.2, 0) is 9.59 Å². The van der Waals surface area contributed by atoms with Crippen molar-refractivity contribution < 1.29 is 14.4 Å². The smallest absolute Gasteiger partial charge is 0.268 e. The molecular weight excluding hydrogens is 294 g/mol. The second-order valence-corrected chi connectivity index (χ2v) is 5.76. The summed E-state index contributed by atoms with van der Waals surface area (Å²) in [5.41, 5.74) is -0.471. The Morgan fingerprint density at radius 2 is 1.91 bits per heavy atom. The third-order valence-corrected chi connectivity index (χ3v) is 3.68. The van der Waals surface area contributed by atoms with Crippen LogP contribution in [0.2, 0.25) is 0 Å². The third-order valence-electron chi connectivity index (χ3n) is 3.68. The van der Waals surface area contributed by atoms with Crippen LogP contribution in [0, 0.1) is 0 Å². The average molecular weight is 321 g/mol. The predicted octanol–water partition coefficient (Wildman–Crippen LogP) is 2.18. The molecule has 0 bridgehead atoms. The number of rotatable bonds is 5. The van der Waals surface area contributed by atoms with E-state index in [1.807, 2.05) is 0 Å². The second-order valence-electron chi connectivity index (χ2n) is 5.76. The van der Waals surface area contributed by atoms with Gasteiger partial charge in [-0.1, -0.05) is 39.5 Å². The van der Waals surface area contributed by atoms with E-state index >= 15 is 0 Å². The lowest BCUT2D eigenvalue weighted by molar-refractivity contribution is -0.129. The Kier molecular flexibility index (Phi) is 8.08. The molecule has 0 atom stereocenters. The molecule has 1 heterocycles. The summed E-state index contributed by atoms with van der Waals surface area (Å²) in [6, 6.07) is 3.39. The third kappa shape index (κ3) is 5.54. The minimum atomic E-state index is -0.899. The SMILES string of the molecule is CCC.O=CCNC(=O)C1(NC(=O)c2ccc[nH]2)CCCCC1. The van der Waals surface area contributed by atoms with Crippen molar-refractivity contribution in [1.29, 1.82) is 0 Å².